The van der Waals surface area contributed by atoms with Crippen LogP contribution in [0.25, 0.3) is 0 Å². The molecule has 0 aliphatic heterocycles. The largest absolute Gasteiger partial charge is 0.321 e. The fraction of sp³-hybridized carbons (Fsp3) is 0.188. The molecule has 0 spiro atoms. The maximum absolute atomic E-state index is 12.2. The van der Waals surface area contributed by atoms with Crippen molar-refractivity contribution < 1.29 is 4.79 Å². The van der Waals surface area contributed by atoms with Gasteiger partial charge in [0.25, 0.3) is 5.91 Å². The summed E-state index contributed by atoms with van der Waals surface area (Å²) in [5.41, 5.74) is 8.24. The van der Waals surface area contributed by atoms with E-state index in [9.17, 15) is 4.79 Å². The van der Waals surface area contributed by atoms with E-state index in [0.717, 1.165) is 21.7 Å². The molecule has 0 fully saturated rings. The molecule has 102 valence electrons. The maximum atomic E-state index is 12.2. The van der Waals surface area contributed by atoms with Crippen molar-refractivity contribution in [3.63, 3.8) is 0 Å². The summed E-state index contributed by atoms with van der Waals surface area (Å²) in [6, 6.07) is 9.57. The molecule has 1 aromatic heterocycles. The fourth-order valence-corrected chi connectivity index (χ4v) is 2.69. The van der Waals surface area contributed by atoms with Gasteiger partial charge in [0.1, 0.15) is 0 Å². The summed E-state index contributed by atoms with van der Waals surface area (Å²) >= 11 is 1.39. The molecule has 0 saturated heterocycles. The average molecular weight is 284 g/mol. The van der Waals surface area contributed by atoms with E-state index in [1.807, 2.05) is 44.2 Å². The van der Waals surface area contributed by atoms with Crippen LogP contribution < -0.4 is 11.1 Å². The van der Waals surface area contributed by atoms with E-state index in [1.54, 1.807) is 0 Å². The lowest BCUT2D eigenvalue weighted by Crippen LogP contribution is -2.10. The van der Waals surface area contributed by atoms with Gasteiger partial charge in [-0.1, -0.05) is 30.0 Å². The smallest absolute Gasteiger partial charge is 0.265 e. The van der Waals surface area contributed by atoms with Gasteiger partial charge in [0.05, 0.1) is 16.3 Å². The van der Waals surface area contributed by atoms with E-state index in [-0.39, 0.29) is 5.91 Å². The monoisotopic (exact) mass is 284 g/mol. The third-order valence-corrected chi connectivity index (χ3v) is 3.99. The number of thiophene rings is 1. The molecule has 0 radical (unpaired) electrons. The number of nitrogens with two attached hydrogens (primary N) is 1. The van der Waals surface area contributed by atoms with E-state index in [0.29, 0.717) is 11.4 Å². The first-order chi connectivity index (χ1) is 9.61. The van der Waals surface area contributed by atoms with Gasteiger partial charge in [-0.15, -0.1) is 11.3 Å². The van der Waals surface area contributed by atoms with Crippen molar-refractivity contribution in [1.82, 2.24) is 0 Å². The van der Waals surface area contributed by atoms with Crippen LogP contribution in [0.3, 0.4) is 0 Å². The quantitative estimate of drug-likeness (QED) is 0.833. The molecule has 2 rings (SSSR count). The normalized spacial score (nSPS) is 9.75. The number of rotatable bonds is 2. The number of hydrogen-bond acceptors (Lipinski definition) is 3. The molecule has 1 aromatic carbocycles. The first-order valence-electron chi connectivity index (χ1n) is 6.28. The van der Waals surface area contributed by atoms with E-state index >= 15 is 0 Å². The zero-order valence-corrected chi connectivity index (χ0v) is 12.3. The number of benzene rings is 1. The molecule has 3 nitrogen and oxygen atoms in total. The molecule has 0 bridgehead atoms. The second-order valence-electron chi connectivity index (χ2n) is 4.40. The Bertz CT molecular complexity index is 692. The number of carbonyl (C=O) groups excluding carboxylic acids is 1. The predicted octanol–water partition coefficient (Wildman–Crippen LogP) is 2.93. The van der Waals surface area contributed by atoms with Crippen molar-refractivity contribution in [2.75, 3.05) is 11.9 Å². The lowest BCUT2D eigenvalue weighted by molar-refractivity contribution is 0.103. The van der Waals surface area contributed by atoms with Crippen LogP contribution in [0.1, 0.15) is 25.7 Å². The number of amides is 1. The molecule has 0 aliphatic carbocycles. The van der Waals surface area contributed by atoms with Crippen LogP contribution >= 0.6 is 11.3 Å². The van der Waals surface area contributed by atoms with Gasteiger partial charge in [0, 0.05) is 5.69 Å². The van der Waals surface area contributed by atoms with Gasteiger partial charge >= 0.3 is 0 Å². The molecule has 3 N–H and O–H groups in total. The van der Waals surface area contributed by atoms with Gasteiger partial charge in [0.15, 0.2) is 0 Å². The third-order valence-electron chi connectivity index (χ3n) is 2.84. The average Bonchev–Trinajstić information content (AvgIpc) is 2.80. The first kappa shape index (κ1) is 14.3. The molecular weight excluding hydrogens is 268 g/mol. The predicted molar refractivity (Wildman–Crippen MR) is 84.1 cm³/mol. The fourth-order valence-electron chi connectivity index (χ4n) is 1.75. The van der Waals surface area contributed by atoms with Gasteiger partial charge in [-0.3, -0.25) is 4.79 Å². The Morgan fingerprint density at radius 3 is 2.75 bits per heavy atom. The van der Waals surface area contributed by atoms with Crippen LogP contribution in [-0.2, 0) is 0 Å². The summed E-state index contributed by atoms with van der Waals surface area (Å²) in [5, 5.41) is 2.92. The molecule has 4 heteroatoms. The highest BCUT2D eigenvalue weighted by molar-refractivity contribution is 7.14. The van der Waals surface area contributed by atoms with E-state index < -0.39 is 0 Å². The molecular formula is C16H16N2OS. The Morgan fingerprint density at radius 2 is 2.05 bits per heavy atom. The molecule has 0 atom stereocenters. The van der Waals surface area contributed by atoms with Gasteiger partial charge < -0.3 is 11.1 Å². The van der Waals surface area contributed by atoms with Crippen molar-refractivity contribution in [1.29, 1.82) is 0 Å². The van der Waals surface area contributed by atoms with Crippen molar-refractivity contribution in [3.05, 3.63) is 51.2 Å². The Morgan fingerprint density at radius 1 is 1.30 bits per heavy atom. The molecule has 0 aliphatic rings. The molecule has 0 saturated carbocycles. The van der Waals surface area contributed by atoms with Crippen molar-refractivity contribution >= 4 is 22.9 Å². The topological polar surface area (TPSA) is 55.1 Å². The van der Waals surface area contributed by atoms with Gasteiger partial charge in [-0.2, -0.15) is 0 Å². The summed E-state index contributed by atoms with van der Waals surface area (Å²) in [7, 11) is 0. The SMILES string of the molecule is Cc1ccccc1NC(=O)c1cc(C)c(C#CCN)s1. The number of aryl methyl sites for hydroxylation is 2. The van der Waals surface area contributed by atoms with Crippen LogP contribution in [0.15, 0.2) is 30.3 Å². The molecule has 0 unspecified atom stereocenters. The lowest BCUT2D eigenvalue weighted by atomic mass is 10.2. The minimum atomic E-state index is -0.104. The Labute approximate surface area is 122 Å². The minimum absolute atomic E-state index is 0.104. The number of para-hydroxylation sites is 1. The maximum Gasteiger partial charge on any atom is 0.265 e. The van der Waals surface area contributed by atoms with E-state index in [1.165, 1.54) is 11.3 Å². The van der Waals surface area contributed by atoms with Crippen LogP contribution in [0.2, 0.25) is 0 Å². The van der Waals surface area contributed by atoms with Gasteiger partial charge in [-0.05, 0) is 37.1 Å². The number of carbonyl (C=O) groups is 1. The van der Waals surface area contributed by atoms with Gasteiger partial charge in [-0.25, -0.2) is 0 Å². The highest BCUT2D eigenvalue weighted by Crippen LogP contribution is 2.23. The standard InChI is InChI=1S/C16H16N2OS/c1-11-6-3-4-7-13(11)18-16(19)15-10-12(2)14(20-15)8-5-9-17/h3-4,6-7,10H,9,17H2,1-2H3,(H,18,19). The summed E-state index contributed by atoms with van der Waals surface area (Å²) in [6.07, 6.45) is 0. The van der Waals surface area contributed by atoms with Crippen LogP contribution in [0.4, 0.5) is 5.69 Å². The molecule has 1 amide bonds. The summed E-state index contributed by atoms with van der Waals surface area (Å²) in [4.78, 5) is 13.8. The van der Waals surface area contributed by atoms with Crippen molar-refractivity contribution in [2.24, 2.45) is 5.73 Å². The summed E-state index contributed by atoms with van der Waals surface area (Å²) < 4.78 is 0. The zero-order chi connectivity index (χ0) is 14.5. The Balaban J connectivity index is 2.20. The van der Waals surface area contributed by atoms with Gasteiger partial charge in [0.2, 0.25) is 0 Å². The number of anilines is 1. The first-order valence-corrected chi connectivity index (χ1v) is 7.10. The van der Waals surface area contributed by atoms with Crippen LogP contribution in [0, 0.1) is 25.7 Å². The van der Waals surface area contributed by atoms with Crippen molar-refractivity contribution in [2.45, 2.75) is 13.8 Å². The molecule has 20 heavy (non-hydrogen) atoms. The van der Waals surface area contributed by atoms with E-state index in [4.69, 9.17) is 5.73 Å². The highest BCUT2D eigenvalue weighted by Gasteiger charge is 2.12. The minimum Gasteiger partial charge on any atom is -0.321 e. The number of hydrogen-bond donors (Lipinski definition) is 2. The third kappa shape index (κ3) is 3.27. The van der Waals surface area contributed by atoms with E-state index in [2.05, 4.69) is 17.2 Å². The Hall–Kier alpha value is -2.09. The van der Waals surface area contributed by atoms with Crippen molar-refractivity contribution in [3.8, 4) is 11.8 Å². The molecule has 1 heterocycles. The Kier molecular flexibility index (Phi) is 4.57. The zero-order valence-electron chi connectivity index (χ0n) is 11.5. The molecule has 2 aromatic rings. The van der Waals surface area contributed by atoms with Crippen LogP contribution in [-0.4, -0.2) is 12.5 Å². The van der Waals surface area contributed by atoms with Crippen LogP contribution in [0.5, 0.6) is 0 Å². The lowest BCUT2D eigenvalue weighted by Gasteiger charge is -2.06. The summed E-state index contributed by atoms with van der Waals surface area (Å²) in [5.74, 6) is 5.70. The number of nitrogens with one attached hydrogen (secondary N) is 1. The highest BCUT2D eigenvalue weighted by atomic mass is 32.1. The second kappa shape index (κ2) is 6.38. The second-order valence-corrected chi connectivity index (χ2v) is 5.45. The summed E-state index contributed by atoms with van der Waals surface area (Å²) in [6.45, 7) is 4.23.